The number of hydrogen-bond acceptors (Lipinski definition) is 6. The van der Waals surface area contributed by atoms with Crippen molar-refractivity contribution in [3.05, 3.63) is 41.4 Å². The van der Waals surface area contributed by atoms with Crippen LogP contribution in [0, 0.1) is 12.8 Å². The Bertz CT molecular complexity index is 793. The molecular weight excluding hydrogens is 306 g/mol. The molecule has 118 valence electrons. The fourth-order valence-electron chi connectivity index (χ4n) is 3.28. The molecule has 0 aliphatic carbocycles. The number of rotatable bonds is 3. The van der Waals surface area contributed by atoms with E-state index in [9.17, 15) is 0 Å². The number of hydrogen-bond donors (Lipinski definition) is 0. The summed E-state index contributed by atoms with van der Waals surface area (Å²) >= 11 is 1.64. The fraction of sp³-hybridized carbons (Fsp3) is 0.412. The number of piperidine rings is 1. The van der Waals surface area contributed by atoms with Gasteiger partial charge in [-0.05, 0) is 43.7 Å². The predicted molar refractivity (Wildman–Crippen MR) is 92.8 cm³/mol. The Morgan fingerprint density at radius 2 is 2.13 bits per heavy atom. The standard InChI is InChI=1S/C17H19N5S/c1-12-21-15-16(19-11-20-17(15)23-12)22-7-4-13(5-8-22)9-14-3-2-6-18-10-14/h2-3,6,10-11,13H,4-5,7-9H2,1H3. The van der Waals surface area contributed by atoms with Gasteiger partial charge in [0.15, 0.2) is 5.82 Å². The Balaban J connectivity index is 1.46. The molecule has 0 amide bonds. The zero-order valence-corrected chi connectivity index (χ0v) is 14.0. The fourth-order valence-corrected chi connectivity index (χ4v) is 4.03. The number of fused-ring (bicyclic) bond motifs is 1. The second kappa shape index (κ2) is 6.20. The summed E-state index contributed by atoms with van der Waals surface area (Å²) in [6, 6.07) is 4.19. The zero-order valence-electron chi connectivity index (χ0n) is 13.1. The normalized spacial score (nSPS) is 16.1. The van der Waals surface area contributed by atoms with Gasteiger partial charge in [-0.1, -0.05) is 17.4 Å². The van der Waals surface area contributed by atoms with E-state index >= 15 is 0 Å². The molecule has 0 bridgehead atoms. The molecule has 0 N–H and O–H groups in total. The van der Waals surface area contributed by atoms with Crippen LogP contribution in [0.25, 0.3) is 10.3 Å². The molecule has 0 spiro atoms. The van der Waals surface area contributed by atoms with E-state index in [1.165, 1.54) is 18.4 Å². The first-order chi connectivity index (χ1) is 11.3. The van der Waals surface area contributed by atoms with Gasteiger partial charge in [0.1, 0.15) is 16.7 Å². The van der Waals surface area contributed by atoms with Crippen molar-refractivity contribution >= 4 is 27.5 Å². The molecule has 23 heavy (non-hydrogen) atoms. The number of aryl methyl sites for hydroxylation is 1. The number of thiazole rings is 1. The van der Waals surface area contributed by atoms with Gasteiger partial charge < -0.3 is 4.90 Å². The van der Waals surface area contributed by atoms with Crippen LogP contribution in [-0.4, -0.2) is 33.0 Å². The van der Waals surface area contributed by atoms with Gasteiger partial charge in [0, 0.05) is 25.5 Å². The lowest BCUT2D eigenvalue weighted by molar-refractivity contribution is 0.402. The highest BCUT2D eigenvalue weighted by Gasteiger charge is 2.23. The average molecular weight is 325 g/mol. The third-order valence-electron chi connectivity index (χ3n) is 4.44. The lowest BCUT2D eigenvalue weighted by atomic mass is 9.91. The Kier molecular flexibility index (Phi) is 3.91. The van der Waals surface area contributed by atoms with Gasteiger partial charge in [-0.3, -0.25) is 4.98 Å². The molecule has 1 fully saturated rings. The molecule has 6 heteroatoms. The molecule has 3 aromatic rings. The minimum absolute atomic E-state index is 0.727. The quantitative estimate of drug-likeness (QED) is 0.740. The van der Waals surface area contributed by atoms with Crippen molar-refractivity contribution < 1.29 is 0 Å². The van der Waals surface area contributed by atoms with Gasteiger partial charge in [0.2, 0.25) is 0 Å². The Morgan fingerprint density at radius 3 is 2.91 bits per heavy atom. The van der Waals surface area contributed by atoms with Crippen LogP contribution in [0.1, 0.15) is 23.4 Å². The number of anilines is 1. The van der Waals surface area contributed by atoms with Crippen LogP contribution in [0.5, 0.6) is 0 Å². The monoisotopic (exact) mass is 325 g/mol. The summed E-state index contributed by atoms with van der Waals surface area (Å²) in [6.07, 6.45) is 8.97. The maximum absolute atomic E-state index is 4.62. The summed E-state index contributed by atoms with van der Waals surface area (Å²) in [5, 5.41) is 1.05. The summed E-state index contributed by atoms with van der Waals surface area (Å²) in [7, 11) is 0. The lowest BCUT2D eigenvalue weighted by Gasteiger charge is -2.32. The third kappa shape index (κ3) is 3.03. The highest BCUT2D eigenvalue weighted by atomic mass is 32.1. The molecule has 0 atom stereocenters. The summed E-state index contributed by atoms with van der Waals surface area (Å²) in [5.41, 5.74) is 2.30. The smallest absolute Gasteiger partial charge is 0.159 e. The lowest BCUT2D eigenvalue weighted by Crippen LogP contribution is -2.35. The van der Waals surface area contributed by atoms with Crippen molar-refractivity contribution in [1.29, 1.82) is 0 Å². The molecule has 3 aromatic heterocycles. The minimum atomic E-state index is 0.727. The maximum Gasteiger partial charge on any atom is 0.159 e. The molecule has 0 radical (unpaired) electrons. The van der Waals surface area contributed by atoms with Gasteiger partial charge >= 0.3 is 0 Å². The molecule has 4 rings (SSSR count). The number of pyridine rings is 1. The van der Waals surface area contributed by atoms with Crippen LogP contribution in [-0.2, 0) is 6.42 Å². The zero-order chi connectivity index (χ0) is 15.6. The number of nitrogens with zero attached hydrogens (tertiary/aromatic N) is 5. The minimum Gasteiger partial charge on any atom is -0.355 e. The van der Waals surface area contributed by atoms with Crippen LogP contribution in [0.3, 0.4) is 0 Å². The molecule has 4 heterocycles. The van der Waals surface area contributed by atoms with E-state index in [1.807, 2.05) is 25.4 Å². The Hall–Kier alpha value is -2.08. The second-order valence-electron chi connectivity index (χ2n) is 6.08. The van der Waals surface area contributed by atoms with Gasteiger partial charge in [-0.15, -0.1) is 0 Å². The van der Waals surface area contributed by atoms with Gasteiger partial charge in [0.05, 0.1) is 5.01 Å². The third-order valence-corrected chi connectivity index (χ3v) is 5.32. The first kappa shape index (κ1) is 14.5. The number of aromatic nitrogens is 4. The highest BCUT2D eigenvalue weighted by Crippen LogP contribution is 2.30. The van der Waals surface area contributed by atoms with Gasteiger partial charge in [-0.25, -0.2) is 15.0 Å². The summed E-state index contributed by atoms with van der Waals surface area (Å²) in [5.74, 6) is 1.73. The van der Waals surface area contributed by atoms with Crippen molar-refractivity contribution in [3.63, 3.8) is 0 Å². The molecule has 0 saturated carbocycles. The van der Waals surface area contributed by atoms with Crippen molar-refractivity contribution in [2.24, 2.45) is 5.92 Å². The predicted octanol–water partition coefficient (Wildman–Crippen LogP) is 3.25. The summed E-state index contributed by atoms with van der Waals surface area (Å²) in [4.78, 5) is 21.0. The van der Waals surface area contributed by atoms with E-state index in [2.05, 4.69) is 30.9 Å². The SMILES string of the molecule is Cc1nc2c(N3CCC(Cc4cccnc4)CC3)ncnc2s1. The van der Waals surface area contributed by atoms with Crippen LogP contribution in [0.15, 0.2) is 30.9 Å². The van der Waals surface area contributed by atoms with Gasteiger partial charge in [0.25, 0.3) is 0 Å². The molecule has 0 unspecified atom stereocenters. The largest absolute Gasteiger partial charge is 0.355 e. The van der Waals surface area contributed by atoms with Crippen molar-refractivity contribution in [1.82, 2.24) is 19.9 Å². The molecular formula is C17H19N5S. The first-order valence-electron chi connectivity index (χ1n) is 8.01. The van der Waals surface area contributed by atoms with Crippen LogP contribution in [0.4, 0.5) is 5.82 Å². The van der Waals surface area contributed by atoms with Crippen LogP contribution < -0.4 is 4.90 Å². The Labute approximate surface area is 139 Å². The van der Waals surface area contributed by atoms with Gasteiger partial charge in [-0.2, -0.15) is 0 Å². The first-order valence-corrected chi connectivity index (χ1v) is 8.83. The topological polar surface area (TPSA) is 54.8 Å². The highest BCUT2D eigenvalue weighted by molar-refractivity contribution is 7.18. The van der Waals surface area contributed by atoms with E-state index in [4.69, 9.17) is 0 Å². The van der Waals surface area contributed by atoms with Crippen LogP contribution in [0.2, 0.25) is 0 Å². The average Bonchev–Trinajstić information content (AvgIpc) is 2.97. The summed E-state index contributed by atoms with van der Waals surface area (Å²) < 4.78 is 0. The molecule has 0 aromatic carbocycles. The summed E-state index contributed by atoms with van der Waals surface area (Å²) in [6.45, 7) is 4.09. The molecule has 1 aliphatic heterocycles. The Morgan fingerprint density at radius 1 is 1.26 bits per heavy atom. The maximum atomic E-state index is 4.62. The second-order valence-corrected chi connectivity index (χ2v) is 7.26. The van der Waals surface area contributed by atoms with Crippen molar-refractivity contribution in [2.75, 3.05) is 18.0 Å². The van der Waals surface area contributed by atoms with E-state index in [0.29, 0.717) is 0 Å². The molecule has 1 saturated heterocycles. The van der Waals surface area contributed by atoms with Crippen molar-refractivity contribution in [2.45, 2.75) is 26.2 Å². The van der Waals surface area contributed by atoms with Crippen LogP contribution >= 0.6 is 11.3 Å². The van der Waals surface area contributed by atoms with E-state index in [1.54, 1.807) is 17.7 Å². The van der Waals surface area contributed by atoms with E-state index in [-0.39, 0.29) is 0 Å². The van der Waals surface area contributed by atoms with E-state index < -0.39 is 0 Å². The van der Waals surface area contributed by atoms with Crippen molar-refractivity contribution in [3.8, 4) is 0 Å². The molecule has 5 nitrogen and oxygen atoms in total. The molecule has 1 aliphatic rings. The van der Waals surface area contributed by atoms with E-state index in [0.717, 1.165) is 46.6 Å².